The molecular weight excluding hydrogens is 411 g/mol. The van der Waals surface area contributed by atoms with Crippen LogP contribution in [0.4, 0.5) is 0 Å². The number of rotatable bonds is 5. The van der Waals surface area contributed by atoms with Gasteiger partial charge in [-0.3, -0.25) is 4.79 Å². The predicted octanol–water partition coefficient (Wildman–Crippen LogP) is 4.09. The maximum Gasteiger partial charge on any atom is 0.338 e. The molecule has 0 saturated carbocycles. The summed E-state index contributed by atoms with van der Waals surface area (Å²) >= 11 is 17.5. The number of Topliss-reactive ketones (excluding diaryl/α,β-unsaturated/α-hetero) is 1. The number of halogens is 3. The lowest BCUT2D eigenvalue weighted by Crippen LogP contribution is -2.15. The number of ketones is 1. The lowest BCUT2D eigenvalue weighted by atomic mass is 10.1. The van der Waals surface area contributed by atoms with Crippen molar-refractivity contribution in [2.24, 2.45) is 0 Å². The van der Waals surface area contributed by atoms with Crippen molar-refractivity contribution in [1.29, 1.82) is 0 Å². The van der Waals surface area contributed by atoms with Crippen LogP contribution in [0.15, 0.2) is 41.3 Å². The van der Waals surface area contributed by atoms with Crippen molar-refractivity contribution in [3.8, 4) is 0 Å². The van der Waals surface area contributed by atoms with Gasteiger partial charge >= 0.3 is 5.97 Å². The zero-order chi connectivity index (χ0) is 18.8. The Labute approximate surface area is 159 Å². The molecule has 0 fully saturated rings. The molecule has 0 bridgehead atoms. The second-order valence-corrected chi connectivity index (χ2v) is 8.28. The molecule has 0 atom stereocenters. The maximum absolute atomic E-state index is 12.1. The first kappa shape index (κ1) is 19.7. The fourth-order valence-corrected chi connectivity index (χ4v) is 3.74. The van der Waals surface area contributed by atoms with Crippen LogP contribution in [0.5, 0.6) is 0 Å². The third-order valence-corrected chi connectivity index (χ3v) is 5.26. The van der Waals surface area contributed by atoms with Gasteiger partial charge in [0.1, 0.15) is 0 Å². The second-order valence-electron chi connectivity index (χ2n) is 5.04. The van der Waals surface area contributed by atoms with Crippen molar-refractivity contribution < 1.29 is 22.7 Å². The van der Waals surface area contributed by atoms with Crippen LogP contribution in [0.1, 0.15) is 20.7 Å². The van der Waals surface area contributed by atoms with Gasteiger partial charge in [-0.1, -0.05) is 34.8 Å². The highest BCUT2D eigenvalue weighted by atomic mass is 35.5. The molecule has 25 heavy (non-hydrogen) atoms. The van der Waals surface area contributed by atoms with E-state index in [4.69, 9.17) is 39.5 Å². The van der Waals surface area contributed by atoms with Crippen LogP contribution in [0.3, 0.4) is 0 Å². The minimum absolute atomic E-state index is 0.0110. The minimum atomic E-state index is -3.61. The molecule has 0 spiro atoms. The fourth-order valence-electron chi connectivity index (χ4n) is 1.92. The van der Waals surface area contributed by atoms with E-state index >= 15 is 0 Å². The van der Waals surface area contributed by atoms with Crippen molar-refractivity contribution in [1.82, 2.24) is 0 Å². The minimum Gasteiger partial charge on any atom is -0.454 e. The Morgan fingerprint density at radius 1 is 1.00 bits per heavy atom. The van der Waals surface area contributed by atoms with Crippen molar-refractivity contribution in [2.75, 3.05) is 12.9 Å². The van der Waals surface area contributed by atoms with Crippen molar-refractivity contribution in [3.63, 3.8) is 0 Å². The summed E-state index contributed by atoms with van der Waals surface area (Å²) in [7, 11) is -3.61. The molecule has 2 rings (SSSR count). The maximum atomic E-state index is 12.1. The van der Waals surface area contributed by atoms with E-state index in [1.54, 1.807) is 0 Å². The van der Waals surface area contributed by atoms with Gasteiger partial charge in [0.2, 0.25) is 5.78 Å². The van der Waals surface area contributed by atoms with Crippen LogP contribution >= 0.6 is 34.8 Å². The molecule has 0 aliphatic heterocycles. The van der Waals surface area contributed by atoms with Crippen molar-refractivity contribution in [2.45, 2.75) is 4.90 Å². The molecule has 132 valence electrons. The second kappa shape index (κ2) is 7.74. The number of hydrogen-bond donors (Lipinski definition) is 0. The Hall–Kier alpha value is -1.60. The van der Waals surface area contributed by atoms with E-state index in [1.807, 2.05) is 0 Å². The van der Waals surface area contributed by atoms with Crippen molar-refractivity contribution in [3.05, 3.63) is 62.6 Å². The Morgan fingerprint density at radius 2 is 1.68 bits per heavy atom. The molecule has 0 saturated heterocycles. The molecule has 5 nitrogen and oxygen atoms in total. The number of sulfone groups is 1. The van der Waals surface area contributed by atoms with Gasteiger partial charge in [-0.15, -0.1) is 0 Å². The average Bonchev–Trinajstić information content (AvgIpc) is 2.51. The number of hydrogen-bond acceptors (Lipinski definition) is 5. The van der Waals surface area contributed by atoms with E-state index < -0.39 is 28.2 Å². The van der Waals surface area contributed by atoms with E-state index in [2.05, 4.69) is 0 Å². The molecule has 0 aliphatic carbocycles. The third-order valence-electron chi connectivity index (χ3n) is 3.13. The van der Waals surface area contributed by atoms with Gasteiger partial charge < -0.3 is 4.74 Å². The van der Waals surface area contributed by atoms with Crippen LogP contribution < -0.4 is 0 Å². The highest BCUT2D eigenvalue weighted by Crippen LogP contribution is 2.24. The topological polar surface area (TPSA) is 77.5 Å². The molecule has 0 amide bonds. The Kier molecular flexibility index (Phi) is 6.11. The summed E-state index contributed by atoms with van der Waals surface area (Å²) in [6.45, 7) is -0.559. The largest absolute Gasteiger partial charge is 0.454 e. The van der Waals surface area contributed by atoms with E-state index in [0.29, 0.717) is 5.02 Å². The van der Waals surface area contributed by atoms with Gasteiger partial charge in [0, 0.05) is 16.8 Å². The number of benzene rings is 2. The third kappa shape index (κ3) is 4.95. The van der Waals surface area contributed by atoms with Gasteiger partial charge in [-0.05, 0) is 36.4 Å². The lowest BCUT2D eigenvalue weighted by Gasteiger charge is -2.08. The fraction of sp³-hybridized carbons (Fsp3) is 0.125. The molecule has 0 aliphatic rings. The van der Waals surface area contributed by atoms with Crippen molar-refractivity contribution >= 4 is 56.4 Å². The molecule has 0 N–H and O–H groups in total. The van der Waals surface area contributed by atoms with Crippen LogP contribution in [-0.2, 0) is 14.6 Å². The molecule has 9 heteroatoms. The molecule has 0 radical (unpaired) electrons. The van der Waals surface area contributed by atoms with Gasteiger partial charge in [-0.25, -0.2) is 13.2 Å². The van der Waals surface area contributed by atoms with Gasteiger partial charge in [0.25, 0.3) is 0 Å². The van der Waals surface area contributed by atoms with Crippen LogP contribution in [0, 0.1) is 0 Å². The van der Waals surface area contributed by atoms with E-state index in [9.17, 15) is 18.0 Å². The van der Waals surface area contributed by atoms with Gasteiger partial charge in [-0.2, -0.15) is 0 Å². The Balaban J connectivity index is 2.14. The predicted molar refractivity (Wildman–Crippen MR) is 95.6 cm³/mol. The summed E-state index contributed by atoms with van der Waals surface area (Å²) in [5.41, 5.74) is 0.117. The molecule has 2 aromatic carbocycles. The molecule has 2 aromatic rings. The first-order valence-electron chi connectivity index (χ1n) is 6.74. The molecule has 0 heterocycles. The number of carbonyl (C=O) groups excluding carboxylic acids is 2. The Morgan fingerprint density at radius 3 is 2.28 bits per heavy atom. The van der Waals surface area contributed by atoms with E-state index in [-0.39, 0.29) is 26.1 Å². The quantitative estimate of drug-likeness (QED) is 0.537. The van der Waals surface area contributed by atoms with Crippen LogP contribution in [-0.4, -0.2) is 33.0 Å². The highest BCUT2D eigenvalue weighted by Gasteiger charge is 2.18. The van der Waals surface area contributed by atoms with E-state index in [0.717, 1.165) is 12.3 Å². The van der Waals surface area contributed by atoms with Gasteiger partial charge in [0.05, 0.1) is 20.5 Å². The molecular formula is C16H11Cl3O5S. The number of ether oxygens (including phenoxy) is 1. The standard InChI is InChI=1S/C16H11Cl3O5S/c1-25(22,23)15-6-9(2-5-12(15)18)16(21)24-8-14(20)11-4-3-10(17)7-13(11)19/h2-7H,8H2,1H3. The first-order valence-corrected chi connectivity index (χ1v) is 9.77. The number of carbonyl (C=O) groups is 2. The summed E-state index contributed by atoms with van der Waals surface area (Å²) in [4.78, 5) is 23.9. The smallest absolute Gasteiger partial charge is 0.338 e. The van der Waals surface area contributed by atoms with E-state index in [1.165, 1.54) is 30.3 Å². The molecule has 0 aromatic heterocycles. The monoisotopic (exact) mass is 420 g/mol. The summed E-state index contributed by atoms with van der Waals surface area (Å²) in [6.07, 6.45) is 0.968. The average molecular weight is 422 g/mol. The summed E-state index contributed by atoms with van der Waals surface area (Å²) in [5.74, 6) is -1.38. The lowest BCUT2D eigenvalue weighted by molar-refractivity contribution is 0.0474. The number of esters is 1. The summed E-state index contributed by atoms with van der Waals surface area (Å²) in [6, 6.07) is 7.98. The normalized spacial score (nSPS) is 11.2. The van der Waals surface area contributed by atoms with Crippen LogP contribution in [0.25, 0.3) is 0 Å². The zero-order valence-corrected chi connectivity index (χ0v) is 15.8. The highest BCUT2D eigenvalue weighted by molar-refractivity contribution is 7.90. The zero-order valence-electron chi connectivity index (χ0n) is 12.8. The molecule has 0 unspecified atom stereocenters. The van der Waals surface area contributed by atoms with Crippen LogP contribution in [0.2, 0.25) is 15.1 Å². The SMILES string of the molecule is CS(=O)(=O)c1cc(C(=O)OCC(=O)c2ccc(Cl)cc2Cl)ccc1Cl. The van der Waals surface area contributed by atoms with Gasteiger partial charge in [0.15, 0.2) is 16.4 Å². The Bertz CT molecular complexity index is 954. The first-order chi connectivity index (χ1) is 11.6. The summed E-state index contributed by atoms with van der Waals surface area (Å²) in [5, 5.41) is 0.496. The summed E-state index contributed by atoms with van der Waals surface area (Å²) < 4.78 is 28.2.